The zero-order chi connectivity index (χ0) is 14.5. The van der Waals surface area contributed by atoms with Crippen molar-refractivity contribution in [2.45, 2.75) is 27.0 Å². The molecule has 0 fully saturated rings. The Bertz CT molecular complexity index is 623. The second-order valence-electron chi connectivity index (χ2n) is 4.32. The van der Waals surface area contributed by atoms with Crippen LogP contribution in [-0.2, 0) is 13.2 Å². The van der Waals surface area contributed by atoms with Crippen LogP contribution in [0, 0.1) is 5.82 Å². The van der Waals surface area contributed by atoms with Crippen molar-refractivity contribution in [1.29, 1.82) is 0 Å². The standard InChI is InChI=1S/C14H16FN3O2/c1-3-18-8-11(7-16-18)9-20-14-5-4-12(15)6-13(14)10(2)17-19/h4-8,19H,3,9H2,1-2H3/b17-10+. The molecule has 2 rings (SSSR count). The summed E-state index contributed by atoms with van der Waals surface area (Å²) < 4.78 is 20.7. The minimum Gasteiger partial charge on any atom is -0.488 e. The Morgan fingerprint density at radius 1 is 1.50 bits per heavy atom. The highest BCUT2D eigenvalue weighted by Crippen LogP contribution is 2.21. The number of benzene rings is 1. The SMILES string of the molecule is CCn1cc(COc2ccc(F)cc2/C(C)=N/O)cn1. The number of hydrogen-bond acceptors (Lipinski definition) is 4. The topological polar surface area (TPSA) is 59.6 Å². The first-order chi connectivity index (χ1) is 9.63. The molecule has 0 saturated heterocycles. The highest BCUT2D eigenvalue weighted by atomic mass is 19.1. The Labute approximate surface area is 116 Å². The molecule has 1 N–H and O–H groups in total. The maximum Gasteiger partial charge on any atom is 0.129 e. The van der Waals surface area contributed by atoms with Crippen LogP contribution >= 0.6 is 0 Å². The molecule has 0 aliphatic rings. The summed E-state index contributed by atoms with van der Waals surface area (Å²) in [6.45, 7) is 4.68. The minimum absolute atomic E-state index is 0.295. The predicted octanol–water partition coefficient (Wildman–Crippen LogP) is 2.82. The Kier molecular flexibility index (Phi) is 4.34. The number of aromatic nitrogens is 2. The summed E-state index contributed by atoms with van der Waals surface area (Å²) in [4.78, 5) is 0. The van der Waals surface area contributed by atoms with Gasteiger partial charge in [-0.15, -0.1) is 0 Å². The second-order valence-corrected chi connectivity index (χ2v) is 4.32. The summed E-state index contributed by atoms with van der Waals surface area (Å²) >= 11 is 0. The molecule has 0 saturated carbocycles. The molecule has 0 unspecified atom stereocenters. The van der Waals surface area contributed by atoms with Gasteiger partial charge in [0, 0.05) is 23.9 Å². The molecule has 0 radical (unpaired) electrons. The van der Waals surface area contributed by atoms with Crippen molar-refractivity contribution in [2.24, 2.45) is 5.16 Å². The number of rotatable bonds is 5. The number of oxime groups is 1. The molecule has 0 aliphatic heterocycles. The van der Waals surface area contributed by atoms with E-state index >= 15 is 0 Å². The van der Waals surface area contributed by atoms with E-state index < -0.39 is 5.82 Å². The fraction of sp³-hybridized carbons (Fsp3) is 0.286. The van der Waals surface area contributed by atoms with E-state index in [1.54, 1.807) is 17.8 Å². The van der Waals surface area contributed by atoms with Gasteiger partial charge in [0.05, 0.1) is 11.9 Å². The van der Waals surface area contributed by atoms with Crippen LogP contribution in [0.4, 0.5) is 4.39 Å². The summed E-state index contributed by atoms with van der Waals surface area (Å²) in [5.74, 6) is 0.0556. The molecule has 1 heterocycles. The first-order valence-electron chi connectivity index (χ1n) is 6.26. The van der Waals surface area contributed by atoms with Crippen LogP contribution in [0.1, 0.15) is 25.0 Å². The van der Waals surface area contributed by atoms with Crippen molar-refractivity contribution in [3.05, 3.63) is 47.5 Å². The quantitative estimate of drug-likeness (QED) is 0.519. The Balaban J connectivity index is 2.16. The van der Waals surface area contributed by atoms with Crippen LogP contribution in [0.15, 0.2) is 35.7 Å². The highest BCUT2D eigenvalue weighted by Gasteiger charge is 2.10. The number of nitrogens with zero attached hydrogens (tertiary/aromatic N) is 3. The number of halogens is 1. The van der Waals surface area contributed by atoms with Crippen LogP contribution in [0.25, 0.3) is 0 Å². The van der Waals surface area contributed by atoms with Gasteiger partial charge in [-0.1, -0.05) is 5.16 Å². The largest absolute Gasteiger partial charge is 0.488 e. The third-order valence-electron chi connectivity index (χ3n) is 2.89. The normalized spacial score (nSPS) is 11.7. The molecule has 106 valence electrons. The van der Waals surface area contributed by atoms with Gasteiger partial charge in [-0.05, 0) is 32.0 Å². The zero-order valence-corrected chi connectivity index (χ0v) is 11.4. The second kappa shape index (κ2) is 6.18. The van der Waals surface area contributed by atoms with Gasteiger partial charge in [-0.3, -0.25) is 4.68 Å². The summed E-state index contributed by atoms with van der Waals surface area (Å²) in [7, 11) is 0. The van der Waals surface area contributed by atoms with Crippen molar-refractivity contribution < 1.29 is 14.3 Å². The summed E-state index contributed by atoms with van der Waals surface area (Å²) in [5.41, 5.74) is 1.64. The molecule has 5 nitrogen and oxygen atoms in total. The van der Waals surface area contributed by atoms with Crippen molar-refractivity contribution in [2.75, 3.05) is 0 Å². The van der Waals surface area contributed by atoms with Gasteiger partial charge in [0.25, 0.3) is 0 Å². The fourth-order valence-electron chi connectivity index (χ4n) is 1.78. The van der Waals surface area contributed by atoms with E-state index in [4.69, 9.17) is 9.94 Å². The third-order valence-corrected chi connectivity index (χ3v) is 2.89. The lowest BCUT2D eigenvalue weighted by molar-refractivity contribution is 0.302. The molecular formula is C14H16FN3O2. The van der Waals surface area contributed by atoms with E-state index in [0.29, 0.717) is 23.6 Å². The van der Waals surface area contributed by atoms with Gasteiger partial charge in [0.15, 0.2) is 0 Å². The van der Waals surface area contributed by atoms with Crippen molar-refractivity contribution in [3.63, 3.8) is 0 Å². The summed E-state index contributed by atoms with van der Waals surface area (Å²) in [6, 6.07) is 4.10. The fourth-order valence-corrected chi connectivity index (χ4v) is 1.78. The van der Waals surface area contributed by atoms with E-state index in [0.717, 1.165) is 12.1 Å². The minimum atomic E-state index is -0.408. The molecule has 2 aromatic rings. The average Bonchev–Trinajstić information content (AvgIpc) is 2.93. The van der Waals surface area contributed by atoms with Gasteiger partial charge in [0.1, 0.15) is 18.2 Å². The lowest BCUT2D eigenvalue weighted by Gasteiger charge is -2.10. The molecule has 20 heavy (non-hydrogen) atoms. The van der Waals surface area contributed by atoms with E-state index in [1.807, 2.05) is 13.1 Å². The lowest BCUT2D eigenvalue weighted by Crippen LogP contribution is -2.03. The van der Waals surface area contributed by atoms with E-state index in [2.05, 4.69) is 10.3 Å². The maximum absolute atomic E-state index is 13.3. The Morgan fingerprint density at radius 3 is 2.95 bits per heavy atom. The molecule has 1 aromatic heterocycles. The van der Waals surface area contributed by atoms with Crippen LogP contribution in [0.2, 0.25) is 0 Å². The predicted molar refractivity (Wildman–Crippen MR) is 72.6 cm³/mol. The molecule has 0 aliphatic carbocycles. The average molecular weight is 277 g/mol. The smallest absolute Gasteiger partial charge is 0.129 e. The number of aryl methyl sites for hydroxylation is 1. The Hall–Kier alpha value is -2.37. The van der Waals surface area contributed by atoms with Crippen LogP contribution in [0.3, 0.4) is 0 Å². The van der Waals surface area contributed by atoms with E-state index in [9.17, 15) is 4.39 Å². The molecule has 0 spiro atoms. The first-order valence-corrected chi connectivity index (χ1v) is 6.26. The highest BCUT2D eigenvalue weighted by molar-refractivity contribution is 6.00. The molecule has 0 atom stereocenters. The Morgan fingerprint density at radius 2 is 2.30 bits per heavy atom. The van der Waals surface area contributed by atoms with Crippen molar-refractivity contribution in [3.8, 4) is 5.75 Å². The van der Waals surface area contributed by atoms with Gasteiger partial charge >= 0.3 is 0 Å². The van der Waals surface area contributed by atoms with Crippen molar-refractivity contribution >= 4 is 5.71 Å². The van der Waals surface area contributed by atoms with Gasteiger partial charge in [0.2, 0.25) is 0 Å². The molecular weight excluding hydrogens is 261 g/mol. The van der Waals surface area contributed by atoms with Crippen LogP contribution < -0.4 is 4.74 Å². The van der Waals surface area contributed by atoms with Crippen molar-refractivity contribution in [1.82, 2.24) is 9.78 Å². The maximum atomic E-state index is 13.3. The molecule has 0 bridgehead atoms. The summed E-state index contributed by atoms with van der Waals surface area (Å²) in [6.07, 6.45) is 3.61. The zero-order valence-electron chi connectivity index (χ0n) is 11.4. The molecule has 6 heteroatoms. The molecule has 0 amide bonds. The third kappa shape index (κ3) is 3.14. The first kappa shape index (κ1) is 14.0. The lowest BCUT2D eigenvalue weighted by atomic mass is 10.1. The van der Waals surface area contributed by atoms with Crippen LogP contribution in [0.5, 0.6) is 5.75 Å². The molecule has 1 aromatic carbocycles. The number of hydrogen-bond donors (Lipinski definition) is 1. The summed E-state index contributed by atoms with van der Waals surface area (Å²) in [5, 5.41) is 16.1. The monoisotopic (exact) mass is 277 g/mol. The van der Waals surface area contributed by atoms with Gasteiger partial charge in [-0.2, -0.15) is 5.10 Å². The van der Waals surface area contributed by atoms with Crippen LogP contribution in [-0.4, -0.2) is 20.7 Å². The van der Waals surface area contributed by atoms with Gasteiger partial charge in [-0.25, -0.2) is 4.39 Å². The van der Waals surface area contributed by atoms with E-state index in [-0.39, 0.29) is 0 Å². The van der Waals surface area contributed by atoms with Gasteiger partial charge < -0.3 is 9.94 Å². The number of ether oxygens (including phenoxy) is 1. The van der Waals surface area contributed by atoms with E-state index in [1.165, 1.54) is 18.2 Å².